The molecule has 2 heterocycles. The van der Waals surface area contributed by atoms with Gasteiger partial charge in [-0.3, -0.25) is 14.5 Å². The van der Waals surface area contributed by atoms with Crippen molar-refractivity contribution in [2.75, 3.05) is 24.5 Å². The Morgan fingerprint density at radius 3 is 2.29 bits per heavy atom. The molecule has 2 saturated heterocycles. The van der Waals surface area contributed by atoms with Gasteiger partial charge in [-0.05, 0) is 35.9 Å². The Labute approximate surface area is 174 Å². The fraction of sp³-hybridized carbons (Fsp3) is 0.286. The zero-order valence-corrected chi connectivity index (χ0v) is 16.0. The Morgan fingerprint density at radius 2 is 1.77 bits per heavy atom. The molecule has 0 bridgehead atoms. The number of carbonyl (C=O) groups excluding carboxylic acids is 2. The van der Waals surface area contributed by atoms with Crippen LogP contribution in [0.25, 0.3) is 0 Å². The van der Waals surface area contributed by atoms with Gasteiger partial charge in [0.25, 0.3) is 5.91 Å². The summed E-state index contributed by atoms with van der Waals surface area (Å²) in [5.74, 6) is -1.79. The van der Waals surface area contributed by atoms with E-state index in [1.807, 2.05) is 0 Å². The molecule has 6 nitrogen and oxygen atoms in total. The number of hydrogen-bond acceptors (Lipinski definition) is 3. The first-order chi connectivity index (χ1) is 14.7. The van der Waals surface area contributed by atoms with Crippen molar-refractivity contribution in [2.45, 2.75) is 18.3 Å². The summed E-state index contributed by atoms with van der Waals surface area (Å²) < 4.78 is 52.9. The molecule has 0 unspecified atom stereocenters. The Hall–Kier alpha value is -3.45. The maximum atomic E-state index is 14.5. The highest BCUT2D eigenvalue weighted by molar-refractivity contribution is 6.10. The summed E-state index contributed by atoms with van der Waals surface area (Å²) in [6.07, 6.45) is -4.48. The lowest BCUT2D eigenvalue weighted by Crippen LogP contribution is -2.78. The quantitative estimate of drug-likeness (QED) is 0.701. The number of nitriles is 1. The lowest BCUT2D eigenvalue weighted by atomic mass is 9.85. The molecular weight excluding hydrogens is 416 g/mol. The zero-order chi connectivity index (χ0) is 22.4. The summed E-state index contributed by atoms with van der Waals surface area (Å²) in [7, 11) is 0. The largest absolute Gasteiger partial charge is 0.416 e. The van der Waals surface area contributed by atoms with Crippen molar-refractivity contribution in [1.82, 2.24) is 10.2 Å². The fourth-order valence-corrected chi connectivity index (χ4v) is 3.74. The van der Waals surface area contributed by atoms with Crippen LogP contribution in [0.5, 0.6) is 0 Å². The second-order valence-corrected chi connectivity index (χ2v) is 7.42. The third-order valence-electron chi connectivity index (χ3n) is 5.49. The van der Waals surface area contributed by atoms with Gasteiger partial charge in [0.15, 0.2) is 5.54 Å². The number of rotatable bonds is 3. The highest BCUT2D eigenvalue weighted by atomic mass is 19.4. The highest BCUT2D eigenvalue weighted by Crippen LogP contribution is 2.35. The first kappa shape index (κ1) is 20.8. The van der Waals surface area contributed by atoms with Crippen LogP contribution in [0.1, 0.15) is 16.7 Å². The van der Waals surface area contributed by atoms with Gasteiger partial charge in [0.05, 0.1) is 22.9 Å². The molecule has 159 valence electrons. The van der Waals surface area contributed by atoms with Crippen LogP contribution >= 0.6 is 0 Å². The minimum Gasteiger partial charge on any atom is -0.319 e. The van der Waals surface area contributed by atoms with E-state index in [4.69, 9.17) is 5.26 Å². The van der Waals surface area contributed by atoms with Crippen LogP contribution in [0, 0.1) is 17.1 Å². The molecule has 1 radical (unpaired) electrons. The fourth-order valence-electron chi connectivity index (χ4n) is 3.74. The van der Waals surface area contributed by atoms with E-state index in [1.54, 1.807) is 6.07 Å². The van der Waals surface area contributed by atoms with Gasteiger partial charge in [-0.15, -0.1) is 0 Å². The molecule has 0 aromatic heterocycles. The molecule has 2 fully saturated rings. The number of piperazine rings is 1. The standard InChI is InChI=1S/C21H15F4N4O2/c22-16-7-14(8-26)3-6-17(16)28-10-18(30)29(20(19(28)31)11-27-12-20)9-13-1-4-15(5-2-13)21(23,24)25/h1-7H,9-12H2. The van der Waals surface area contributed by atoms with E-state index < -0.39 is 41.5 Å². The van der Waals surface area contributed by atoms with Gasteiger partial charge in [-0.2, -0.15) is 18.4 Å². The van der Waals surface area contributed by atoms with Crippen LogP contribution in [0.2, 0.25) is 0 Å². The predicted molar refractivity (Wildman–Crippen MR) is 100 cm³/mol. The van der Waals surface area contributed by atoms with Crippen LogP contribution in [0.15, 0.2) is 42.5 Å². The Bertz CT molecular complexity index is 1090. The van der Waals surface area contributed by atoms with Gasteiger partial charge in [-0.25, -0.2) is 9.71 Å². The topological polar surface area (TPSA) is 78.5 Å². The second kappa shape index (κ2) is 7.35. The van der Waals surface area contributed by atoms with Crippen LogP contribution in [-0.4, -0.2) is 41.9 Å². The number of alkyl halides is 3. The number of amides is 2. The van der Waals surface area contributed by atoms with E-state index in [0.717, 1.165) is 23.1 Å². The molecule has 2 aromatic carbocycles. The van der Waals surface area contributed by atoms with Crippen molar-refractivity contribution in [3.05, 3.63) is 65.0 Å². The van der Waals surface area contributed by atoms with Gasteiger partial charge in [0, 0.05) is 19.6 Å². The van der Waals surface area contributed by atoms with E-state index in [-0.39, 0.29) is 30.9 Å². The predicted octanol–water partition coefficient (Wildman–Crippen LogP) is 2.45. The van der Waals surface area contributed by atoms with Crippen molar-refractivity contribution < 1.29 is 27.2 Å². The van der Waals surface area contributed by atoms with Crippen molar-refractivity contribution in [2.24, 2.45) is 0 Å². The van der Waals surface area contributed by atoms with E-state index in [9.17, 15) is 27.2 Å². The van der Waals surface area contributed by atoms with Gasteiger partial charge in [-0.1, -0.05) is 12.1 Å². The molecule has 2 aliphatic rings. The molecule has 1 spiro atoms. The number of benzene rings is 2. The summed E-state index contributed by atoms with van der Waals surface area (Å²) in [4.78, 5) is 28.5. The van der Waals surface area contributed by atoms with Crippen molar-refractivity contribution >= 4 is 17.5 Å². The summed E-state index contributed by atoms with van der Waals surface area (Å²) in [5.41, 5.74) is -1.73. The molecule has 0 aliphatic carbocycles. The van der Waals surface area contributed by atoms with Gasteiger partial charge in [0.2, 0.25) is 5.91 Å². The first-order valence-corrected chi connectivity index (χ1v) is 9.27. The maximum Gasteiger partial charge on any atom is 0.416 e. The number of carbonyl (C=O) groups is 2. The normalized spacial score (nSPS) is 18.2. The summed E-state index contributed by atoms with van der Waals surface area (Å²) >= 11 is 0. The van der Waals surface area contributed by atoms with Crippen LogP contribution in [0.3, 0.4) is 0 Å². The van der Waals surface area contributed by atoms with Crippen LogP contribution in [-0.2, 0) is 22.3 Å². The number of halogens is 4. The smallest absolute Gasteiger partial charge is 0.319 e. The first-order valence-electron chi connectivity index (χ1n) is 9.27. The van der Waals surface area contributed by atoms with E-state index in [0.29, 0.717) is 5.56 Å². The van der Waals surface area contributed by atoms with Crippen molar-refractivity contribution in [3.8, 4) is 6.07 Å². The van der Waals surface area contributed by atoms with Gasteiger partial charge >= 0.3 is 6.18 Å². The van der Waals surface area contributed by atoms with Crippen LogP contribution < -0.4 is 10.2 Å². The molecule has 0 atom stereocenters. The number of nitrogens with zero attached hydrogens (tertiary/aromatic N) is 4. The monoisotopic (exact) mass is 431 g/mol. The van der Waals surface area contributed by atoms with E-state index in [2.05, 4.69) is 5.32 Å². The van der Waals surface area contributed by atoms with E-state index in [1.165, 1.54) is 29.2 Å². The second-order valence-electron chi connectivity index (χ2n) is 7.42. The molecule has 2 amide bonds. The minimum atomic E-state index is -4.48. The molecule has 0 saturated carbocycles. The van der Waals surface area contributed by atoms with E-state index >= 15 is 0 Å². The molecule has 2 aromatic rings. The minimum absolute atomic E-state index is 0.0204. The number of hydrogen-bond donors (Lipinski definition) is 0. The summed E-state index contributed by atoms with van der Waals surface area (Å²) in [5, 5.41) is 13.0. The summed E-state index contributed by atoms with van der Waals surface area (Å²) in [6, 6.07) is 9.77. The number of anilines is 1. The third-order valence-corrected chi connectivity index (χ3v) is 5.49. The average molecular weight is 431 g/mol. The highest BCUT2D eigenvalue weighted by Gasteiger charge is 2.57. The Kier molecular flexibility index (Phi) is 4.94. The zero-order valence-electron chi connectivity index (χ0n) is 16.0. The Balaban J connectivity index is 1.62. The van der Waals surface area contributed by atoms with Crippen LogP contribution in [0.4, 0.5) is 23.2 Å². The third kappa shape index (κ3) is 3.51. The SMILES string of the molecule is N#Cc1ccc(N2CC(=O)N(Cc3ccc(C(F)(F)F)cc3)C3(C[N]C3)C2=O)c(F)c1. The van der Waals surface area contributed by atoms with Crippen molar-refractivity contribution in [3.63, 3.8) is 0 Å². The Morgan fingerprint density at radius 1 is 1.10 bits per heavy atom. The summed E-state index contributed by atoms with van der Waals surface area (Å²) in [6.45, 7) is -0.453. The molecule has 0 N–H and O–H groups in total. The average Bonchev–Trinajstić information content (AvgIpc) is 2.69. The molecule has 10 heteroatoms. The van der Waals surface area contributed by atoms with Crippen molar-refractivity contribution in [1.29, 1.82) is 5.26 Å². The van der Waals surface area contributed by atoms with Gasteiger partial charge in [0.1, 0.15) is 12.4 Å². The maximum absolute atomic E-state index is 14.5. The molecular formula is C21H15F4N4O2. The molecule has 2 aliphatic heterocycles. The lowest BCUT2D eigenvalue weighted by Gasteiger charge is -2.53. The molecule has 4 rings (SSSR count). The lowest BCUT2D eigenvalue weighted by molar-refractivity contribution is -0.155. The molecule has 31 heavy (non-hydrogen) atoms. The van der Waals surface area contributed by atoms with Gasteiger partial charge < -0.3 is 4.90 Å².